The van der Waals surface area contributed by atoms with Gasteiger partial charge in [0.25, 0.3) is 0 Å². The first kappa shape index (κ1) is 12.9. The molecule has 0 aromatic heterocycles. The van der Waals surface area contributed by atoms with Gasteiger partial charge < -0.3 is 0 Å². The zero-order chi connectivity index (χ0) is 12.5. The number of rotatable bonds is 3. The predicted molar refractivity (Wildman–Crippen MR) is 72.0 cm³/mol. The third kappa shape index (κ3) is 3.47. The SMILES string of the molecule is CSc1ccc2c(c1)CN(CS(C)(=O)=O)CC2. The summed E-state index contributed by atoms with van der Waals surface area (Å²) in [6.07, 6.45) is 4.29. The molecule has 0 aliphatic carbocycles. The average Bonchev–Trinajstić information content (AvgIpc) is 2.26. The van der Waals surface area contributed by atoms with Crippen LogP contribution in [0.2, 0.25) is 0 Å². The Morgan fingerprint density at radius 3 is 2.76 bits per heavy atom. The molecule has 0 atom stereocenters. The second-order valence-electron chi connectivity index (χ2n) is 4.49. The molecule has 0 saturated heterocycles. The van der Waals surface area contributed by atoms with E-state index in [4.69, 9.17) is 0 Å². The van der Waals surface area contributed by atoms with Crippen LogP contribution in [0.5, 0.6) is 0 Å². The van der Waals surface area contributed by atoms with Gasteiger partial charge in [0.1, 0.15) is 5.88 Å². The average molecular weight is 271 g/mol. The summed E-state index contributed by atoms with van der Waals surface area (Å²) in [5, 5.41) is 0. The molecule has 2 rings (SSSR count). The van der Waals surface area contributed by atoms with Crippen LogP contribution in [0, 0.1) is 0 Å². The van der Waals surface area contributed by atoms with E-state index in [1.54, 1.807) is 11.8 Å². The Morgan fingerprint density at radius 2 is 2.12 bits per heavy atom. The van der Waals surface area contributed by atoms with Gasteiger partial charge >= 0.3 is 0 Å². The van der Waals surface area contributed by atoms with Crippen molar-refractivity contribution in [3.63, 3.8) is 0 Å². The maximum Gasteiger partial charge on any atom is 0.160 e. The Hall–Kier alpha value is -0.520. The standard InChI is InChI=1S/C12H17NO2S2/c1-16-12-4-3-10-5-6-13(8-11(10)7-12)9-17(2,14)15/h3-4,7H,5-6,8-9H2,1-2H3. The second-order valence-corrected chi connectivity index (χ2v) is 7.48. The third-order valence-electron chi connectivity index (χ3n) is 2.92. The highest BCUT2D eigenvalue weighted by atomic mass is 32.2. The molecule has 1 aliphatic rings. The molecule has 0 bridgehead atoms. The van der Waals surface area contributed by atoms with Crippen LogP contribution < -0.4 is 0 Å². The fourth-order valence-corrected chi connectivity index (χ4v) is 3.51. The molecule has 17 heavy (non-hydrogen) atoms. The minimum atomic E-state index is -2.92. The van der Waals surface area contributed by atoms with Crippen molar-refractivity contribution in [1.82, 2.24) is 4.90 Å². The van der Waals surface area contributed by atoms with E-state index in [2.05, 4.69) is 24.5 Å². The Morgan fingerprint density at radius 1 is 1.35 bits per heavy atom. The highest BCUT2D eigenvalue weighted by molar-refractivity contribution is 7.98. The van der Waals surface area contributed by atoms with Crippen molar-refractivity contribution in [2.75, 3.05) is 24.9 Å². The second kappa shape index (κ2) is 5.00. The van der Waals surface area contributed by atoms with E-state index < -0.39 is 9.84 Å². The maximum atomic E-state index is 11.3. The lowest BCUT2D eigenvalue weighted by Crippen LogP contribution is -2.34. The van der Waals surface area contributed by atoms with Crippen molar-refractivity contribution in [2.45, 2.75) is 17.9 Å². The summed E-state index contributed by atoms with van der Waals surface area (Å²) in [6, 6.07) is 6.48. The van der Waals surface area contributed by atoms with Gasteiger partial charge in [-0.2, -0.15) is 0 Å². The minimum Gasteiger partial charge on any atom is -0.285 e. The van der Waals surface area contributed by atoms with Gasteiger partial charge in [-0.05, 0) is 35.9 Å². The van der Waals surface area contributed by atoms with E-state index in [0.29, 0.717) is 0 Å². The van der Waals surface area contributed by atoms with Gasteiger partial charge in [-0.25, -0.2) is 8.42 Å². The molecule has 94 valence electrons. The van der Waals surface area contributed by atoms with Crippen LogP contribution in [0.25, 0.3) is 0 Å². The molecule has 1 aromatic rings. The largest absolute Gasteiger partial charge is 0.285 e. The van der Waals surface area contributed by atoms with Crippen LogP contribution in [-0.4, -0.2) is 38.3 Å². The van der Waals surface area contributed by atoms with Gasteiger partial charge in [0.05, 0.1) is 0 Å². The fourth-order valence-electron chi connectivity index (χ4n) is 2.16. The molecule has 1 aromatic carbocycles. The lowest BCUT2D eigenvalue weighted by atomic mass is 10.0. The first-order valence-electron chi connectivity index (χ1n) is 5.54. The van der Waals surface area contributed by atoms with Gasteiger partial charge in [0, 0.05) is 24.2 Å². The highest BCUT2D eigenvalue weighted by Crippen LogP contribution is 2.24. The molecule has 0 amide bonds. The Bertz CT molecular complexity index is 511. The predicted octanol–water partition coefficient (Wildman–Crippen LogP) is 1.77. The summed E-state index contributed by atoms with van der Waals surface area (Å²) in [7, 11) is -2.92. The smallest absolute Gasteiger partial charge is 0.160 e. The van der Waals surface area contributed by atoms with Gasteiger partial charge in [-0.3, -0.25) is 4.90 Å². The molecule has 0 unspecified atom stereocenters. The van der Waals surface area contributed by atoms with Crippen LogP contribution in [0.15, 0.2) is 23.1 Å². The van der Waals surface area contributed by atoms with Crippen LogP contribution in [0.4, 0.5) is 0 Å². The fraction of sp³-hybridized carbons (Fsp3) is 0.500. The van der Waals surface area contributed by atoms with Crippen molar-refractivity contribution >= 4 is 21.6 Å². The van der Waals surface area contributed by atoms with E-state index in [-0.39, 0.29) is 5.88 Å². The zero-order valence-electron chi connectivity index (χ0n) is 10.1. The molecule has 1 heterocycles. The molecule has 5 heteroatoms. The molecule has 1 aliphatic heterocycles. The summed E-state index contributed by atoms with van der Waals surface area (Å²) >= 11 is 1.72. The first-order chi connectivity index (χ1) is 7.98. The normalized spacial score (nSPS) is 16.8. The van der Waals surface area contributed by atoms with Gasteiger partial charge in [-0.15, -0.1) is 11.8 Å². The number of fused-ring (bicyclic) bond motifs is 1. The number of thioether (sulfide) groups is 1. The third-order valence-corrected chi connectivity index (χ3v) is 4.48. The van der Waals surface area contributed by atoms with Crippen molar-refractivity contribution in [2.24, 2.45) is 0 Å². The van der Waals surface area contributed by atoms with E-state index in [0.717, 1.165) is 19.5 Å². The van der Waals surface area contributed by atoms with E-state index in [1.807, 2.05) is 4.90 Å². The van der Waals surface area contributed by atoms with E-state index in [9.17, 15) is 8.42 Å². The van der Waals surface area contributed by atoms with Gasteiger partial charge in [-0.1, -0.05) is 6.07 Å². The molecule has 3 nitrogen and oxygen atoms in total. The Labute approximate surface area is 107 Å². The van der Waals surface area contributed by atoms with E-state index >= 15 is 0 Å². The summed E-state index contributed by atoms with van der Waals surface area (Å²) in [5.41, 5.74) is 2.62. The van der Waals surface area contributed by atoms with Crippen LogP contribution >= 0.6 is 11.8 Å². The number of sulfone groups is 1. The summed E-state index contributed by atoms with van der Waals surface area (Å²) in [6.45, 7) is 1.58. The maximum absolute atomic E-state index is 11.3. The number of hydrogen-bond donors (Lipinski definition) is 0. The van der Waals surface area contributed by atoms with Gasteiger partial charge in [0.15, 0.2) is 9.84 Å². The number of hydrogen-bond acceptors (Lipinski definition) is 4. The van der Waals surface area contributed by atoms with Crippen molar-refractivity contribution in [1.29, 1.82) is 0 Å². The number of nitrogens with zero attached hydrogens (tertiary/aromatic N) is 1. The Kier molecular flexibility index (Phi) is 3.80. The Balaban J connectivity index is 2.17. The quantitative estimate of drug-likeness (QED) is 0.785. The van der Waals surface area contributed by atoms with Crippen molar-refractivity contribution in [3.05, 3.63) is 29.3 Å². The lowest BCUT2D eigenvalue weighted by Gasteiger charge is -2.28. The minimum absolute atomic E-state index is 0.163. The topological polar surface area (TPSA) is 37.4 Å². The molecular formula is C12H17NO2S2. The zero-order valence-corrected chi connectivity index (χ0v) is 11.8. The summed E-state index contributed by atoms with van der Waals surface area (Å²) < 4.78 is 22.6. The van der Waals surface area contributed by atoms with Crippen LogP contribution in [0.3, 0.4) is 0 Å². The molecule has 0 fully saturated rings. The van der Waals surface area contributed by atoms with E-state index in [1.165, 1.54) is 22.3 Å². The van der Waals surface area contributed by atoms with Crippen molar-refractivity contribution in [3.8, 4) is 0 Å². The monoisotopic (exact) mass is 271 g/mol. The van der Waals surface area contributed by atoms with Gasteiger partial charge in [0.2, 0.25) is 0 Å². The van der Waals surface area contributed by atoms with Crippen LogP contribution in [-0.2, 0) is 22.8 Å². The lowest BCUT2D eigenvalue weighted by molar-refractivity contribution is 0.293. The molecular weight excluding hydrogens is 254 g/mol. The molecule has 0 saturated carbocycles. The van der Waals surface area contributed by atoms with Crippen LogP contribution in [0.1, 0.15) is 11.1 Å². The molecule has 0 N–H and O–H groups in total. The first-order valence-corrected chi connectivity index (χ1v) is 8.82. The number of benzene rings is 1. The highest BCUT2D eigenvalue weighted by Gasteiger charge is 2.19. The molecule has 0 radical (unpaired) electrons. The summed E-state index contributed by atoms with van der Waals surface area (Å²) in [5.74, 6) is 0.163. The summed E-state index contributed by atoms with van der Waals surface area (Å²) in [4.78, 5) is 3.24. The molecule has 0 spiro atoms. The van der Waals surface area contributed by atoms with Crippen molar-refractivity contribution < 1.29 is 8.42 Å².